The molecule has 30 heavy (non-hydrogen) atoms. The van der Waals surface area contributed by atoms with Crippen LogP contribution in [0.5, 0.6) is 0 Å². The van der Waals surface area contributed by atoms with Crippen LogP contribution in [0.25, 0.3) is 10.8 Å². The van der Waals surface area contributed by atoms with Crippen LogP contribution in [0.1, 0.15) is 34.6 Å². The molecule has 7 heteroatoms. The van der Waals surface area contributed by atoms with E-state index < -0.39 is 5.60 Å². The van der Waals surface area contributed by atoms with Gasteiger partial charge in [0, 0.05) is 45.0 Å². The molecule has 7 nitrogen and oxygen atoms in total. The predicted molar refractivity (Wildman–Crippen MR) is 115 cm³/mol. The lowest BCUT2D eigenvalue weighted by Gasteiger charge is -2.44. The number of likely N-dealkylation sites (tertiary alicyclic amines) is 1. The van der Waals surface area contributed by atoms with E-state index in [2.05, 4.69) is 9.97 Å². The van der Waals surface area contributed by atoms with Gasteiger partial charge in [0.15, 0.2) is 0 Å². The Balaban J connectivity index is 1.41. The summed E-state index contributed by atoms with van der Waals surface area (Å²) in [4.78, 5) is 30.8. The number of carbonyl (C=O) groups is 1. The first-order valence-corrected chi connectivity index (χ1v) is 10.4. The van der Waals surface area contributed by atoms with Gasteiger partial charge in [-0.2, -0.15) is 0 Å². The summed E-state index contributed by atoms with van der Waals surface area (Å²) in [6.07, 6.45) is 5.91. The van der Waals surface area contributed by atoms with E-state index in [1.807, 2.05) is 60.4 Å². The van der Waals surface area contributed by atoms with E-state index in [0.29, 0.717) is 31.3 Å². The third-order valence-corrected chi connectivity index (χ3v) is 6.17. The number of amides is 1. The number of fused-ring (bicyclic) bond motifs is 3. The molecule has 1 spiro atoms. The second-order valence-electron chi connectivity index (χ2n) is 8.20. The van der Waals surface area contributed by atoms with Crippen molar-refractivity contribution in [3.63, 3.8) is 0 Å². The largest absolute Gasteiger partial charge is 0.368 e. The lowest BCUT2D eigenvalue weighted by atomic mass is 9.83. The average molecular weight is 403 g/mol. The van der Waals surface area contributed by atoms with Crippen LogP contribution in [0.3, 0.4) is 0 Å². The fourth-order valence-electron chi connectivity index (χ4n) is 4.51. The standard InChI is InChI=1S/C23H25N5O2/c1-27(2)22-25-15-17-8-14-30-23(20(17)26-22)9-12-28(13-10-23)21(29)19-18-6-4-3-5-16(18)7-11-24-19/h3-7,11,15H,8-10,12-14H2,1-2H3. The van der Waals surface area contributed by atoms with Gasteiger partial charge < -0.3 is 14.5 Å². The molecular formula is C23H25N5O2. The number of hydrogen-bond acceptors (Lipinski definition) is 6. The molecule has 2 aromatic heterocycles. The highest BCUT2D eigenvalue weighted by atomic mass is 16.5. The Morgan fingerprint density at radius 3 is 2.73 bits per heavy atom. The highest BCUT2D eigenvalue weighted by Gasteiger charge is 2.43. The summed E-state index contributed by atoms with van der Waals surface area (Å²) in [5.74, 6) is 0.673. The first kappa shape index (κ1) is 18.9. The highest BCUT2D eigenvalue weighted by molar-refractivity contribution is 6.05. The summed E-state index contributed by atoms with van der Waals surface area (Å²) in [5, 5.41) is 1.93. The quantitative estimate of drug-likeness (QED) is 0.655. The summed E-state index contributed by atoms with van der Waals surface area (Å²) in [7, 11) is 3.88. The smallest absolute Gasteiger partial charge is 0.273 e. The van der Waals surface area contributed by atoms with E-state index >= 15 is 0 Å². The molecule has 1 saturated heterocycles. The number of carbonyl (C=O) groups excluding carboxylic acids is 1. The maximum atomic E-state index is 13.3. The van der Waals surface area contributed by atoms with Crippen LogP contribution in [-0.4, -0.2) is 59.6 Å². The van der Waals surface area contributed by atoms with Crippen LogP contribution in [0.2, 0.25) is 0 Å². The summed E-state index contributed by atoms with van der Waals surface area (Å²) in [5.41, 5.74) is 2.22. The first-order valence-electron chi connectivity index (χ1n) is 10.4. The maximum Gasteiger partial charge on any atom is 0.273 e. The fraction of sp³-hybridized carbons (Fsp3) is 0.391. The zero-order chi connectivity index (χ0) is 20.7. The van der Waals surface area contributed by atoms with E-state index in [0.717, 1.165) is 41.3 Å². The van der Waals surface area contributed by atoms with Crippen LogP contribution in [0, 0.1) is 0 Å². The Bertz CT molecular complexity index is 1100. The zero-order valence-electron chi connectivity index (χ0n) is 17.3. The van der Waals surface area contributed by atoms with Crippen molar-refractivity contribution >= 4 is 22.6 Å². The molecule has 2 aliphatic heterocycles. The molecule has 0 atom stereocenters. The SMILES string of the molecule is CN(C)c1ncc2c(n1)C1(CCN(C(=O)c3nccc4ccccc34)CC1)OCC2. The number of piperidine rings is 1. The summed E-state index contributed by atoms with van der Waals surface area (Å²) >= 11 is 0. The topological polar surface area (TPSA) is 71.5 Å². The van der Waals surface area contributed by atoms with Crippen LogP contribution in [0.15, 0.2) is 42.7 Å². The Hall–Kier alpha value is -3.06. The molecule has 1 aromatic carbocycles. The van der Waals surface area contributed by atoms with Crippen molar-refractivity contribution in [2.24, 2.45) is 0 Å². The monoisotopic (exact) mass is 403 g/mol. The van der Waals surface area contributed by atoms with Gasteiger partial charge in [0.1, 0.15) is 11.3 Å². The average Bonchev–Trinajstić information content (AvgIpc) is 2.79. The molecule has 0 bridgehead atoms. The summed E-state index contributed by atoms with van der Waals surface area (Å²) < 4.78 is 6.31. The maximum absolute atomic E-state index is 13.3. The van der Waals surface area contributed by atoms with Crippen molar-refractivity contribution in [3.8, 4) is 0 Å². The lowest BCUT2D eigenvalue weighted by Crippen LogP contribution is -2.49. The number of hydrogen-bond donors (Lipinski definition) is 0. The third kappa shape index (κ3) is 3.10. The lowest BCUT2D eigenvalue weighted by molar-refractivity contribution is -0.0967. The second-order valence-corrected chi connectivity index (χ2v) is 8.20. The van der Waals surface area contributed by atoms with Crippen molar-refractivity contribution in [2.45, 2.75) is 24.9 Å². The van der Waals surface area contributed by atoms with Gasteiger partial charge in [-0.3, -0.25) is 9.78 Å². The van der Waals surface area contributed by atoms with Crippen molar-refractivity contribution in [1.29, 1.82) is 0 Å². The zero-order valence-corrected chi connectivity index (χ0v) is 17.3. The van der Waals surface area contributed by atoms with Gasteiger partial charge in [0.25, 0.3) is 5.91 Å². The molecule has 0 aliphatic carbocycles. The Labute approximate surface area is 175 Å². The number of aromatic nitrogens is 3. The van der Waals surface area contributed by atoms with Crippen LogP contribution >= 0.6 is 0 Å². The van der Waals surface area contributed by atoms with Gasteiger partial charge >= 0.3 is 0 Å². The molecule has 0 radical (unpaired) electrons. The molecule has 0 N–H and O–H groups in total. The third-order valence-electron chi connectivity index (χ3n) is 6.17. The summed E-state index contributed by atoms with van der Waals surface area (Å²) in [6.45, 7) is 1.89. The second kappa shape index (κ2) is 7.32. The van der Waals surface area contributed by atoms with Crippen molar-refractivity contribution < 1.29 is 9.53 Å². The molecule has 2 aliphatic rings. The predicted octanol–water partition coefficient (Wildman–Crippen LogP) is 2.80. The minimum absolute atomic E-state index is 0.0191. The van der Waals surface area contributed by atoms with Gasteiger partial charge in [0.05, 0.1) is 12.3 Å². The fourth-order valence-corrected chi connectivity index (χ4v) is 4.51. The number of benzene rings is 1. The molecule has 0 unspecified atom stereocenters. The molecule has 154 valence electrons. The number of nitrogens with zero attached hydrogens (tertiary/aromatic N) is 5. The number of ether oxygens (including phenoxy) is 1. The van der Waals surface area contributed by atoms with E-state index in [9.17, 15) is 4.79 Å². The molecule has 3 aromatic rings. The molecule has 1 amide bonds. The van der Waals surface area contributed by atoms with E-state index in [1.54, 1.807) is 6.20 Å². The normalized spacial score (nSPS) is 17.7. The number of anilines is 1. The molecule has 4 heterocycles. The molecular weight excluding hydrogens is 378 g/mol. The van der Waals surface area contributed by atoms with Gasteiger partial charge in [-0.1, -0.05) is 24.3 Å². The van der Waals surface area contributed by atoms with Crippen LogP contribution < -0.4 is 4.90 Å². The van der Waals surface area contributed by atoms with Crippen LogP contribution in [0.4, 0.5) is 5.95 Å². The van der Waals surface area contributed by atoms with Gasteiger partial charge in [-0.05, 0) is 36.3 Å². The summed E-state index contributed by atoms with van der Waals surface area (Å²) in [6, 6.07) is 9.82. The van der Waals surface area contributed by atoms with Gasteiger partial charge in [-0.25, -0.2) is 9.97 Å². The molecule has 1 fully saturated rings. The first-order chi connectivity index (χ1) is 14.6. The van der Waals surface area contributed by atoms with Crippen molar-refractivity contribution in [3.05, 3.63) is 59.7 Å². The Morgan fingerprint density at radius 2 is 1.93 bits per heavy atom. The molecule has 5 rings (SSSR count). The highest BCUT2D eigenvalue weighted by Crippen LogP contribution is 2.41. The Kier molecular flexibility index (Phi) is 4.62. The minimum Gasteiger partial charge on any atom is -0.368 e. The molecule has 0 saturated carbocycles. The van der Waals surface area contributed by atoms with Crippen LogP contribution in [-0.2, 0) is 16.8 Å². The van der Waals surface area contributed by atoms with Crippen molar-refractivity contribution in [2.75, 3.05) is 38.7 Å². The number of pyridine rings is 1. The Morgan fingerprint density at radius 1 is 1.13 bits per heavy atom. The van der Waals surface area contributed by atoms with Crippen molar-refractivity contribution in [1.82, 2.24) is 19.9 Å². The van der Waals surface area contributed by atoms with E-state index in [4.69, 9.17) is 9.72 Å². The van der Waals surface area contributed by atoms with E-state index in [-0.39, 0.29) is 5.91 Å². The number of rotatable bonds is 2. The minimum atomic E-state index is -0.440. The van der Waals surface area contributed by atoms with E-state index in [1.165, 1.54) is 0 Å². The van der Waals surface area contributed by atoms with Gasteiger partial charge in [0.2, 0.25) is 5.95 Å². The van der Waals surface area contributed by atoms with Gasteiger partial charge in [-0.15, -0.1) is 0 Å².